The average molecular weight is 270 g/mol. The summed E-state index contributed by atoms with van der Waals surface area (Å²) >= 11 is 3.53. The third kappa shape index (κ3) is 1.79. The molecule has 0 radical (unpaired) electrons. The Morgan fingerprint density at radius 1 is 1.47 bits per heavy atom. The molecule has 1 aromatic rings. The number of phenolic OH excluding ortho intramolecular Hbond substituents is 1. The lowest BCUT2D eigenvalue weighted by molar-refractivity contribution is 0.390. The molecule has 0 spiro atoms. The molecule has 2 nitrogen and oxygen atoms in total. The van der Waals surface area contributed by atoms with E-state index < -0.39 is 0 Å². The Labute approximate surface area is 98.8 Å². The average Bonchev–Trinajstić information content (AvgIpc) is 2.60. The molecular formula is C12H16BrNO. The fourth-order valence-corrected chi connectivity index (χ4v) is 3.06. The molecule has 0 bridgehead atoms. The second kappa shape index (κ2) is 3.80. The lowest BCUT2D eigenvalue weighted by Crippen LogP contribution is -2.33. The molecule has 1 saturated heterocycles. The van der Waals surface area contributed by atoms with Crippen LogP contribution in [0.2, 0.25) is 0 Å². The van der Waals surface area contributed by atoms with Crippen LogP contribution in [0.15, 0.2) is 16.6 Å². The summed E-state index contributed by atoms with van der Waals surface area (Å²) in [6.07, 6.45) is 2.24. The summed E-state index contributed by atoms with van der Waals surface area (Å²) in [5, 5.41) is 13.6. The molecule has 82 valence electrons. The quantitative estimate of drug-likeness (QED) is 0.822. The molecule has 1 aromatic carbocycles. The van der Waals surface area contributed by atoms with Crippen molar-refractivity contribution in [3.63, 3.8) is 0 Å². The van der Waals surface area contributed by atoms with E-state index in [2.05, 4.69) is 28.2 Å². The maximum absolute atomic E-state index is 10.1. The molecule has 1 atom stereocenters. The van der Waals surface area contributed by atoms with Crippen molar-refractivity contribution < 1.29 is 5.11 Å². The van der Waals surface area contributed by atoms with Crippen molar-refractivity contribution in [2.45, 2.75) is 32.2 Å². The van der Waals surface area contributed by atoms with Crippen LogP contribution in [0.5, 0.6) is 5.75 Å². The second-order valence-electron chi connectivity index (χ2n) is 4.45. The van der Waals surface area contributed by atoms with E-state index in [4.69, 9.17) is 0 Å². The first kappa shape index (κ1) is 11.0. The lowest BCUT2D eigenvalue weighted by Gasteiger charge is -2.27. The van der Waals surface area contributed by atoms with Crippen LogP contribution >= 0.6 is 15.9 Å². The first-order valence-corrected chi connectivity index (χ1v) is 6.07. The number of hydrogen-bond donors (Lipinski definition) is 2. The van der Waals surface area contributed by atoms with Gasteiger partial charge in [0.05, 0.1) is 0 Å². The summed E-state index contributed by atoms with van der Waals surface area (Å²) in [5.74, 6) is 0.418. The molecule has 2 N–H and O–H groups in total. The highest BCUT2D eigenvalue weighted by molar-refractivity contribution is 9.10. The van der Waals surface area contributed by atoms with Crippen LogP contribution in [-0.4, -0.2) is 11.7 Å². The number of aromatic hydroxyl groups is 1. The highest BCUT2D eigenvalue weighted by atomic mass is 79.9. The SMILES string of the molecule is Cc1ccc(Br)c(C2(C)CCCN2)c1O. The molecule has 1 heterocycles. The van der Waals surface area contributed by atoms with Gasteiger partial charge >= 0.3 is 0 Å². The maximum Gasteiger partial charge on any atom is 0.124 e. The third-order valence-electron chi connectivity index (χ3n) is 3.25. The van der Waals surface area contributed by atoms with Gasteiger partial charge in [0.15, 0.2) is 0 Å². The zero-order valence-corrected chi connectivity index (χ0v) is 10.7. The molecule has 1 aliphatic rings. The Bertz CT molecular complexity index is 383. The first-order valence-electron chi connectivity index (χ1n) is 5.28. The second-order valence-corrected chi connectivity index (χ2v) is 5.30. The van der Waals surface area contributed by atoms with Gasteiger partial charge in [-0.05, 0) is 44.9 Å². The zero-order valence-electron chi connectivity index (χ0n) is 9.10. The van der Waals surface area contributed by atoms with Crippen LogP contribution in [0.1, 0.15) is 30.9 Å². The largest absolute Gasteiger partial charge is 0.507 e. The molecule has 1 aliphatic heterocycles. The van der Waals surface area contributed by atoms with Crippen molar-refractivity contribution in [2.75, 3.05) is 6.54 Å². The van der Waals surface area contributed by atoms with Gasteiger partial charge in [-0.2, -0.15) is 0 Å². The highest BCUT2D eigenvalue weighted by Gasteiger charge is 2.34. The molecule has 1 fully saturated rings. The van der Waals surface area contributed by atoms with E-state index in [0.717, 1.165) is 35.0 Å². The Kier molecular flexibility index (Phi) is 2.77. The van der Waals surface area contributed by atoms with Crippen molar-refractivity contribution in [1.29, 1.82) is 0 Å². The predicted molar refractivity (Wildman–Crippen MR) is 65.1 cm³/mol. The Hall–Kier alpha value is -0.540. The van der Waals surface area contributed by atoms with Crippen molar-refractivity contribution in [2.24, 2.45) is 0 Å². The number of aryl methyl sites for hydroxylation is 1. The molecule has 0 aromatic heterocycles. The summed E-state index contributed by atoms with van der Waals surface area (Å²) in [6.45, 7) is 5.11. The summed E-state index contributed by atoms with van der Waals surface area (Å²) in [7, 11) is 0. The van der Waals surface area contributed by atoms with Gasteiger partial charge in [0.1, 0.15) is 5.75 Å². The van der Waals surface area contributed by atoms with Crippen molar-refractivity contribution >= 4 is 15.9 Å². The summed E-state index contributed by atoms with van der Waals surface area (Å²) < 4.78 is 0.988. The lowest BCUT2D eigenvalue weighted by atomic mass is 9.88. The maximum atomic E-state index is 10.1. The van der Waals surface area contributed by atoms with Crippen LogP contribution in [0.4, 0.5) is 0 Å². The monoisotopic (exact) mass is 269 g/mol. The summed E-state index contributed by atoms with van der Waals surface area (Å²) in [4.78, 5) is 0. The van der Waals surface area contributed by atoms with Crippen LogP contribution in [0, 0.1) is 6.92 Å². The first-order chi connectivity index (χ1) is 7.04. The van der Waals surface area contributed by atoms with Crippen LogP contribution in [0.3, 0.4) is 0 Å². The van der Waals surface area contributed by atoms with E-state index in [1.165, 1.54) is 0 Å². The smallest absolute Gasteiger partial charge is 0.124 e. The minimum atomic E-state index is -0.0884. The van der Waals surface area contributed by atoms with Gasteiger partial charge in [-0.1, -0.05) is 22.0 Å². The number of halogens is 1. The van der Waals surface area contributed by atoms with Gasteiger partial charge in [-0.3, -0.25) is 0 Å². The molecule has 0 aliphatic carbocycles. The summed E-state index contributed by atoms with van der Waals surface area (Å²) in [6, 6.07) is 3.94. The van der Waals surface area contributed by atoms with Crippen molar-refractivity contribution in [1.82, 2.24) is 5.32 Å². The Morgan fingerprint density at radius 3 is 2.80 bits per heavy atom. The van der Waals surface area contributed by atoms with E-state index in [-0.39, 0.29) is 5.54 Å². The molecule has 2 rings (SSSR count). The number of rotatable bonds is 1. The van der Waals surface area contributed by atoms with Gasteiger partial charge in [0.25, 0.3) is 0 Å². The van der Waals surface area contributed by atoms with Gasteiger partial charge in [0, 0.05) is 15.6 Å². The van der Waals surface area contributed by atoms with E-state index in [1.54, 1.807) is 0 Å². The van der Waals surface area contributed by atoms with E-state index in [1.807, 2.05) is 19.1 Å². The molecule has 3 heteroatoms. The van der Waals surface area contributed by atoms with Crippen molar-refractivity contribution in [3.05, 3.63) is 27.7 Å². The zero-order chi connectivity index (χ0) is 11.1. The van der Waals surface area contributed by atoms with E-state index >= 15 is 0 Å². The molecule has 0 amide bonds. The van der Waals surface area contributed by atoms with Crippen LogP contribution < -0.4 is 5.32 Å². The van der Waals surface area contributed by atoms with Crippen LogP contribution in [0.25, 0.3) is 0 Å². The normalized spacial score (nSPS) is 25.8. The minimum absolute atomic E-state index is 0.0884. The standard InChI is InChI=1S/C12H16BrNO/c1-8-4-5-9(13)10(11(8)15)12(2)6-3-7-14-12/h4-5,14-15H,3,6-7H2,1-2H3. The van der Waals surface area contributed by atoms with Gasteiger partial charge < -0.3 is 10.4 Å². The van der Waals surface area contributed by atoms with E-state index in [9.17, 15) is 5.11 Å². The number of hydrogen-bond acceptors (Lipinski definition) is 2. The van der Waals surface area contributed by atoms with Gasteiger partial charge in [0.2, 0.25) is 0 Å². The van der Waals surface area contributed by atoms with E-state index in [0.29, 0.717) is 5.75 Å². The molecule has 15 heavy (non-hydrogen) atoms. The van der Waals surface area contributed by atoms with Crippen molar-refractivity contribution in [3.8, 4) is 5.75 Å². The minimum Gasteiger partial charge on any atom is -0.507 e. The number of nitrogens with one attached hydrogen (secondary N) is 1. The highest BCUT2D eigenvalue weighted by Crippen LogP contribution is 2.41. The fourth-order valence-electron chi connectivity index (χ4n) is 2.30. The molecule has 1 unspecified atom stereocenters. The van der Waals surface area contributed by atoms with Crippen LogP contribution in [-0.2, 0) is 5.54 Å². The number of benzene rings is 1. The summed E-state index contributed by atoms with van der Waals surface area (Å²) in [5.41, 5.74) is 1.85. The molecule has 0 saturated carbocycles. The van der Waals surface area contributed by atoms with Gasteiger partial charge in [-0.15, -0.1) is 0 Å². The van der Waals surface area contributed by atoms with Gasteiger partial charge in [-0.25, -0.2) is 0 Å². The number of phenols is 1. The Balaban J connectivity index is 2.55. The Morgan fingerprint density at radius 2 is 2.20 bits per heavy atom. The predicted octanol–water partition coefficient (Wildman–Crippen LogP) is 3.06. The molecular weight excluding hydrogens is 254 g/mol. The topological polar surface area (TPSA) is 32.3 Å². The third-order valence-corrected chi connectivity index (χ3v) is 3.91. The fraction of sp³-hybridized carbons (Fsp3) is 0.500.